The molecule has 32 heavy (non-hydrogen) atoms. The molecule has 3 aromatic rings. The van der Waals surface area contributed by atoms with Crippen LogP contribution in [0.1, 0.15) is 16.8 Å². The summed E-state index contributed by atoms with van der Waals surface area (Å²) >= 11 is 0. The Morgan fingerprint density at radius 2 is 1.78 bits per heavy atom. The highest BCUT2D eigenvalue weighted by atomic mass is 19.1. The van der Waals surface area contributed by atoms with Gasteiger partial charge in [0.15, 0.2) is 24.1 Å². The van der Waals surface area contributed by atoms with Gasteiger partial charge in [0.1, 0.15) is 18.6 Å². The highest BCUT2D eigenvalue weighted by Crippen LogP contribution is 2.24. The van der Waals surface area contributed by atoms with E-state index in [0.29, 0.717) is 22.6 Å². The Kier molecular flexibility index (Phi) is 6.95. The number of rotatable bonds is 10. The predicted octanol–water partition coefficient (Wildman–Crippen LogP) is 3.82. The summed E-state index contributed by atoms with van der Waals surface area (Å²) in [6, 6.07) is 8.51. The number of nitro benzene ring substituents is 1. The Morgan fingerprint density at radius 3 is 2.41 bits per heavy atom. The van der Waals surface area contributed by atoms with Crippen LogP contribution in [0, 0.1) is 33.0 Å². The Labute approximate surface area is 181 Å². The molecule has 0 radical (unpaired) electrons. The van der Waals surface area contributed by atoms with Crippen LogP contribution in [0.25, 0.3) is 0 Å². The quantitative estimate of drug-likeness (QED) is 0.199. The topological polar surface area (TPSA) is 132 Å². The monoisotopic (exact) mass is 446 g/mol. The van der Waals surface area contributed by atoms with Gasteiger partial charge in [0.05, 0.1) is 18.6 Å². The van der Waals surface area contributed by atoms with Crippen molar-refractivity contribution in [2.75, 3.05) is 6.79 Å². The second-order valence-electron chi connectivity index (χ2n) is 6.74. The van der Waals surface area contributed by atoms with E-state index in [9.17, 15) is 24.6 Å². The number of hydrogen-bond acceptors (Lipinski definition) is 8. The molecule has 0 atom stereocenters. The normalized spacial score (nSPS) is 10.7. The van der Waals surface area contributed by atoms with Crippen LogP contribution in [0.3, 0.4) is 0 Å². The minimum absolute atomic E-state index is 0.0182. The SMILES string of the molecule is Cc1cc([N+](=O)[O-])ccc1OCOCc1ccc(OCc2cnc([N+](=O)[O-])n2C)c(F)c1. The Balaban J connectivity index is 1.50. The molecule has 11 nitrogen and oxygen atoms in total. The summed E-state index contributed by atoms with van der Waals surface area (Å²) in [5, 5.41) is 21.6. The van der Waals surface area contributed by atoms with E-state index < -0.39 is 15.7 Å². The van der Waals surface area contributed by atoms with Gasteiger partial charge in [-0.25, -0.2) is 8.96 Å². The molecule has 0 aliphatic rings. The lowest BCUT2D eigenvalue weighted by Crippen LogP contribution is -2.06. The maximum atomic E-state index is 14.3. The zero-order chi connectivity index (χ0) is 23.3. The van der Waals surface area contributed by atoms with Gasteiger partial charge in [0.25, 0.3) is 5.69 Å². The van der Waals surface area contributed by atoms with Crippen molar-refractivity contribution in [1.82, 2.24) is 9.55 Å². The second-order valence-corrected chi connectivity index (χ2v) is 6.74. The van der Waals surface area contributed by atoms with Crippen molar-refractivity contribution in [1.29, 1.82) is 0 Å². The van der Waals surface area contributed by atoms with Gasteiger partial charge < -0.3 is 24.3 Å². The molecule has 0 bridgehead atoms. The molecule has 1 heterocycles. The van der Waals surface area contributed by atoms with Crippen molar-refractivity contribution in [2.45, 2.75) is 20.1 Å². The van der Waals surface area contributed by atoms with E-state index in [1.165, 1.54) is 48.1 Å². The number of nitrogens with zero attached hydrogens (tertiary/aromatic N) is 4. The first kappa shape index (κ1) is 22.6. The van der Waals surface area contributed by atoms with Crippen LogP contribution in [-0.4, -0.2) is 26.2 Å². The molecular weight excluding hydrogens is 427 g/mol. The third-order valence-corrected chi connectivity index (χ3v) is 4.53. The molecule has 1 aromatic heterocycles. The van der Waals surface area contributed by atoms with E-state index >= 15 is 0 Å². The summed E-state index contributed by atoms with van der Waals surface area (Å²) in [6.07, 6.45) is 1.30. The number of aryl methyl sites for hydroxylation is 1. The van der Waals surface area contributed by atoms with Crippen molar-refractivity contribution in [3.05, 3.63) is 85.5 Å². The zero-order valence-corrected chi connectivity index (χ0v) is 17.2. The number of non-ortho nitro benzene ring substituents is 1. The fraction of sp³-hybridized carbons (Fsp3) is 0.250. The van der Waals surface area contributed by atoms with Gasteiger partial charge >= 0.3 is 5.95 Å². The lowest BCUT2D eigenvalue weighted by molar-refractivity contribution is -0.396. The first-order chi connectivity index (χ1) is 15.3. The first-order valence-corrected chi connectivity index (χ1v) is 9.28. The van der Waals surface area contributed by atoms with Crippen molar-refractivity contribution in [3.8, 4) is 11.5 Å². The van der Waals surface area contributed by atoms with Gasteiger partial charge in [-0.05, 0) is 41.2 Å². The van der Waals surface area contributed by atoms with E-state index in [4.69, 9.17) is 14.2 Å². The van der Waals surface area contributed by atoms with Crippen LogP contribution in [0.5, 0.6) is 11.5 Å². The summed E-state index contributed by atoms with van der Waals surface area (Å²) in [5.74, 6) is -0.520. The standard InChI is InChI=1S/C20H19FN4O7/c1-13-7-15(24(26)27)4-6-18(13)32-12-30-10-14-3-5-19(17(21)8-14)31-11-16-9-22-20(23(16)2)25(28)29/h3-9H,10-12H2,1-2H3. The van der Waals surface area contributed by atoms with Gasteiger partial charge in [0.2, 0.25) is 0 Å². The van der Waals surface area contributed by atoms with Gasteiger partial charge in [-0.2, -0.15) is 0 Å². The predicted molar refractivity (Wildman–Crippen MR) is 109 cm³/mol. The molecule has 0 unspecified atom stereocenters. The van der Waals surface area contributed by atoms with Crippen molar-refractivity contribution >= 4 is 11.6 Å². The molecule has 168 valence electrons. The maximum absolute atomic E-state index is 14.3. The summed E-state index contributed by atoms with van der Waals surface area (Å²) in [4.78, 5) is 24.1. The fourth-order valence-corrected chi connectivity index (χ4v) is 2.81. The fourth-order valence-electron chi connectivity index (χ4n) is 2.81. The molecule has 0 saturated carbocycles. The molecule has 0 amide bonds. The van der Waals surface area contributed by atoms with Crippen molar-refractivity contribution in [3.63, 3.8) is 0 Å². The molecule has 0 spiro atoms. The molecule has 0 N–H and O–H groups in total. The number of imidazole rings is 1. The Bertz CT molecular complexity index is 1150. The second kappa shape index (κ2) is 9.83. The first-order valence-electron chi connectivity index (χ1n) is 9.28. The molecule has 0 fully saturated rings. The summed E-state index contributed by atoms with van der Waals surface area (Å²) in [6.45, 7) is 1.53. The highest BCUT2D eigenvalue weighted by Gasteiger charge is 2.18. The highest BCUT2D eigenvalue weighted by molar-refractivity contribution is 5.42. The minimum Gasteiger partial charge on any atom is -0.483 e. The van der Waals surface area contributed by atoms with Crippen LogP contribution in [0.4, 0.5) is 16.0 Å². The van der Waals surface area contributed by atoms with E-state index in [2.05, 4.69) is 4.98 Å². The number of benzene rings is 2. The molecule has 0 saturated heterocycles. The largest absolute Gasteiger partial charge is 0.483 e. The van der Waals surface area contributed by atoms with Crippen LogP contribution in [0.15, 0.2) is 42.6 Å². The van der Waals surface area contributed by atoms with Gasteiger partial charge in [-0.3, -0.25) is 10.1 Å². The Morgan fingerprint density at radius 1 is 1.03 bits per heavy atom. The molecule has 2 aromatic carbocycles. The number of halogens is 1. The van der Waals surface area contributed by atoms with E-state index in [1.807, 2.05) is 0 Å². The molecule has 12 heteroatoms. The average molecular weight is 446 g/mol. The minimum atomic E-state index is -0.620. The van der Waals surface area contributed by atoms with Crippen LogP contribution in [0.2, 0.25) is 0 Å². The average Bonchev–Trinajstić information content (AvgIpc) is 3.12. The Hall–Kier alpha value is -4.06. The number of ether oxygens (including phenoxy) is 3. The number of aromatic nitrogens is 2. The maximum Gasteiger partial charge on any atom is 0.434 e. The number of hydrogen-bond donors (Lipinski definition) is 0. The lowest BCUT2D eigenvalue weighted by atomic mass is 10.2. The van der Waals surface area contributed by atoms with E-state index in [1.54, 1.807) is 13.0 Å². The smallest absolute Gasteiger partial charge is 0.434 e. The van der Waals surface area contributed by atoms with Gasteiger partial charge in [-0.1, -0.05) is 11.1 Å². The molecule has 3 rings (SSSR count). The summed E-state index contributed by atoms with van der Waals surface area (Å²) in [7, 11) is 1.47. The molecular formula is C20H19FN4O7. The van der Waals surface area contributed by atoms with E-state index in [0.717, 1.165) is 0 Å². The van der Waals surface area contributed by atoms with Crippen molar-refractivity contribution < 1.29 is 28.4 Å². The van der Waals surface area contributed by atoms with Gasteiger partial charge in [0, 0.05) is 12.1 Å². The lowest BCUT2D eigenvalue weighted by Gasteiger charge is -2.11. The van der Waals surface area contributed by atoms with Crippen LogP contribution in [-0.2, 0) is 25.0 Å². The van der Waals surface area contributed by atoms with Crippen LogP contribution >= 0.6 is 0 Å². The third kappa shape index (κ3) is 5.35. The molecule has 0 aliphatic carbocycles. The number of nitro groups is 2. The molecule has 0 aliphatic heterocycles. The van der Waals surface area contributed by atoms with Crippen molar-refractivity contribution in [2.24, 2.45) is 7.05 Å². The third-order valence-electron chi connectivity index (χ3n) is 4.53. The van der Waals surface area contributed by atoms with Crippen LogP contribution < -0.4 is 9.47 Å². The summed E-state index contributed by atoms with van der Waals surface area (Å²) < 4.78 is 31.8. The zero-order valence-electron chi connectivity index (χ0n) is 17.2. The van der Waals surface area contributed by atoms with E-state index in [-0.39, 0.29) is 37.4 Å². The summed E-state index contributed by atoms with van der Waals surface area (Å²) in [5.41, 5.74) is 1.52. The van der Waals surface area contributed by atoms with Gasteiger partial charge in [-0.15, -0.1) is 0 Å².